The highest BCUT2D eigenvalue weighted by molar-refractivity contribution is 7.92. The van der Waals surface area contributed by atoms with Crippen molar-refractivity contribution in [3.05, 3.63) is 53.6 Å². The largest absolute Gasteiger partial charge is 0.486 e. The summed E-state index contributed by atoms with van der Waals surface area (Å²) in [4.78, 5) is 28.7. The lowest BCUT2D eigenvalue weighted by Gasteiger charge is -2.35. The summed E-state index contributed by atoms with van der Waals surface area (Å²) in [6, 6.07) is 11.7. The Hall–Kier alpha value is -3.27. The van der Waals surface area contributed by atoms with E-state index >= 15 is 0 Å². The van der Waals surface area contributed by atoms with Crippen LogP contribution in [0.4, 0.5) is 5.69 Å². The summed E-state index contributed by atoms with van der Waals surface area (Å²) in [5.41, 5.74) is 1.72. The number of nitrogens with one attached hydrogen (secondary N) is 1. The first-order valence-corrected chi connectivity index (χ1v) is 14.5. The number of sulfonamides is 1. The molecule has 3 rings (SSSR count). The fourth-order valence-electron chi connectivity index (χ4n) is 4.17. The minimum absolute atomic E-state index is 0.163. The second-order valence-electron chi connectivity index (χ2n) is 10.4. The molecule has 2 aromatic carbocycles. The van der Waals surface area contributed by atoms with Crippen molar-refractivity contribution in [3.8, 4) is 11.5 Å². The van der Waals surface area contributed by atoms with Gasteiger partial charge in [-0.25, -0.2) is 8.42 Å². The van der Waals surface area contributed by atoms with Gasteiger partial charge in [-0.2, -0.15) is 0 Å². The number of ether oxygens (including phenoxy) is 2. The molecule has 10 heteroatoms. The van der Waals surface area contributed by atoms with E-state index in [4.69, 9.17) is 9.47 Å². The van der Waals surface area contributed by atoms with E-state index in [2.05, 4.69) is 5.32 Å². The summed E-state index contributed by atoms with van der Waals surface area (Å²) in [7, 11) is -3.84. The number of fused-ring (bicyclic) bond motifs is 1. The lowest BCUT2D eigenvalue weighted by Crippen LogP contribution is -2.55. The minimum atomic E-state index is -3.84. The van der Waals surface area contributed by atoms with E-state index in [9.17, 15) is 18.0 Å². The van der Waals surface area contributed by atoms with Gasteiger partial charge in [0.2, 0.25) is 21.8 Å². The number of carbonyl (C=O) groups is 2. The molecule has 1 aliphatic rings. The summed E-state index contributed by atoms with van der Waals surface area (Å²) in [5.74, 6) is -0.0249. The standard InChI is InChI=1S/C28H39N3O6S/c1-7-23(27(33)29-28(4,5)6)30(18-21-11-9-20(3)10-12-21)26(32)19-31(38(34,35)8-2)22-13-14-24-25(17-22)37-16-15-36-24/h9-14,17,23H,7-8,15-16,18-19H2,1-6H3,(H,29,33)/t23-/m0/s1. The number of aryl methyl sites for hydroxylation is 1. The molecule has 9 nitrogen and oxygen atoms in total. The Morgan fingerprint density at radius 2 is 1.63 bits per heavy atom. The second-order valence-corrected chi connectivity index (χ2v) is 12.6. The van der Waals surface area contributed by atoms with Gasteiger partial charge in [0, 0.05) is 18.2 Å². The minimum Gasteiger partial charge on any atom is -0.486 e. The predicted octanol–water partition coefficient (Wildman–Crippen LogP) is 3.64. The maximum Gasteiger partial charge on any atom is 0.244 e. The first-order chi connectivity index (χ1) is 17.8. The monoisotopic (exact) mass is 545 g/mol. The highest BCUT2D eigenvalue weighted by atomic mass is 32.2. The molecule has 0 saturated carbocycles. The fourth-order valence-corrected chi connectivity index (χ4v) is 5.22. The molecule has 0 unspecified atom stereocenters. The van der Waals surface area contributed by atoms with E-state index < -0.39 is 34.1 Å². The van der Waals surface area contributed by atoms with Gasteiger partial charge in [0.15, 0.2) is 11.5 Å². The van der Waals surface area contributed by atoms with Crippen LogP contribution in [0.3, 0.4) is 0 Å². The van der Waals surface area contributed by atoms with Crippen LogP contribution in [-0.4, -0.2) is 62.2 Å². The highest BCUT2D eigenvalue weighted by Gasteiger charge is 2.34. The van der Waals surface area contributed by atoms with Crippen LogP contribution in [0.25, 0.3) is 0 Å². The molecule has 0 fully saturated rings. The molecule has 38 heavy (non-hydrogen) atoms. The molecule has 1 atom stereocenters. The normalized spacial score (nSPS) is 13.9. The zero-order valence-corrected chi connectivity index (χ0v) is 23.9. The topological polar surface area (TPSA) is 105 Å². The van der Waals surface area contributed by atoms with Gasteiger partial charge in [-0.3, -0.25) is 13.9 Å². The predicted molar refractivity (Wildman–Crippen MR) is 148 cm³/mol. The zero-order valence-electron chi connectivity index (χ0n) is 23.1. The van der Waals surface area contributed by atoms with Crippen molar-refractivity contribution in [1.29, 1.82) is 0 Å². The first kappa shape index (κ1) is 29.3. The van der Waals surface area contributed by atoms with Gasteiger partial charge in [-0.1, -0.05) is 36.8 Å². The fraction of sp³-hybridized carbons (Fsp3) is 0.500. The average Bonchev–Trinajstić information content (AvgIpc) is 2.86. The maximum absolute atomic E-state index is 13.9. The average molecular weight is 546 g/mol. The molecular formula is C28H39N3O6S. The molecule has 0 bridgehead atoms. The van der Waals surface area contributed by atoms with Crippen LogP contribution in [0.2, 0.25) is 0 Å². The van der Waals surface area contributed by atoms with Gasteiger partial charge < -0.3 is 19.7 Å². The maximum atomic E-state index is 13.9. The first-order valence-electron chi connectivity index (χ1n) is 12.9. The van der Waals surface area contributed by atoms with Crippen molar-refractivity contribution in [2.75, 3.05) is 29.8 Å². The molecule has 0 aromatic heterocycles. The van der Waals surface area contributed by atoms with Gasteiger partial charge in [0.25, 0.3) is 0 Å². The molecular weight excluding hydrogens is 506 g/mol. The third-order valence-electron chi connectivity index (χ3n) is 6.15. The number of benzene rings is 2. The molecule has 0 saturated heterocycles. The Morgan fingerprint density at radius 3 is 2.21 bits per heavy atom. The molecule has 0 radical (unpaired) electrons. The van der Waals surface area contributed by atoms with E-state index in [0.29, 0.717) is 36.8 Å². The molecule has 2 aromatic rings. The number of rotatable bonds is 10. The third-order valence-corrected chi connectivity index (χ3v) is 7.89. The lowest BCUT2D eigenvalue weighted by molar-refractivity contribution is -0.141. The summed E-state index contributed by atoms with van der Waals surface area (Å²) < 4.78 is 38.7. The van der Waals surface area contributed by atoms with E-state index in [1.807, 2.05) is 58.9 Å². The van der Waals surface area contributed by atoms with Crippen LogP contribution in [0, 0.1) is 6.92 Å². The summed E-state index contributed by atoms with van der Waals surface area (Å²) in [6.07, 6.45) is 0.365. The van der Waals surface area contributed by atoms with E-state index in [-0.39, 0.29) is 18.2 Å². The van der Waals surface area contributed by atoms with Crippen LogP contribution >= 0.6 is 0 Å². The number of amides is 2. The van der Waals surface area contributed by atoms with E-state index in [1.165, 1.54) is 11.8 Å². The Morgan fingerprint density at radius 1 is 1.00 bits per heavy atom. The smallest absolute Gasteiger partial charge is 0.244 e. The lowest BCUT2D eigenvalue weighted by atomic mass is 10.1. The van der Waals surface area contributed by atoms with E-state index in [0.717, 1.165) is 15.4 Å². The van der Waals surface area contributed by atoms with Crippen LogP contribution in [-0.2, 0) is 26.2 Å². The molecule has 0 aliphatic carbocycles. The van der Waals surface area contributed by atoms with Crippen LogP contribution < -0.4 is 19.1 Å². The molecule has 1 aliphatic heterocycles. The summed E-state index contributed by atoms with van der Waals surface area (Å²) in [5, 5.41) is 2.97. The Labute approximate surface area is 226 Å². The SMILES string of the molecule is CC[C@@H](C(=O)NC(C)(C)C)N(Cc1ccc(C)cc1)C(=O)CN(c1ccc2c(c1)OCCO2)S(=O)(=O)CC. The van der Waals surface area contributed by atoms with Gasteiger partial charge in [0.05, 0.1) is 11.4 Å². The Bertz CT molecular complexity index is 1240. The van der Waals surface area contributed by atoms with Gasteiger partial charge in [-0.05, 0) is 58.7 Å². The number of hydrogen-bond acceptors (Lipinski definition) is 6. The molecule has 2 amide bonds. The van der Waals surface area contributed by atoms with Crippen molar-refractivity contribution in [2.45, 2.75) is 66.1 Å². The van der Waals surface area contributed by atoms with Crippen molar-refractivity contribution in [2.24, 2.45) is 0 Å². The van der Waals surface area contributed by atoms with Crippen molar-refractivity contribution >= 4 is 27.5 Å². The van der Waals surface area contributed by atoms with Crippen molar-refractivity contribution < 1.29 is 27.5 Å². The Kier molecular flexibility index (Phi) is 9.30. The van der Waals surface area contributed by atoms with Crippen LogP contribution in [0.1, 0.15) is 52.2 Å². The number of carbonyl (C=O) groups excluding carboxylic acids is 2. The number of nitrogens with zero attached hydrogens (tertiary/aromatic N) is 2. The second kappa shape index (κ2) is 12.1. The highest BCUT2D eigenvalue weighted by Crippen LogP contribution is 2.35. The number of hydrogen-bond donors (Lipinski definition) is 1. The van der Waals surface area contributed by atoms with Crippen LogP contribution in [0.15, 0.2) is 42.5 Å². The molecule has 1 heterocycles. The molecule has 208 valence electrons. The van der Waals surface area contributed by atoms with Gasteiger partial charge in [0.1, 0.15) is 25.8 Å². The summed E-state index contributed by atoms with van der Waals surface area (Å²) in [6.45, 7) is 11.4. The van der Waals surface area contributed by atoms with Gasteiger partial charge >= 0.3 is 0 Å². The van der Waals surface area contributed by atoms with Gasteiger partial charge in [-0.15, -0.1) is 0 Å². The number of anilines is 1. The van der Waals surface area contributed by atoms with E-state index in [1.54, 1.807) is 18.2 Å². The Balaban J connectivity index is 1.99. The van der Waals surface area contributed by atoms with Crippen molar-refractivity contribution in [1.82, 2.24) is 10.2 Å². The van der Waals surface area contributed by atoms with Crippen molar-refractivity contribution in [3.63, 3.8) is 0 Å². The quantitative estimate of drug-likeness (QED) is 0.489. The summed E-state index contributed by atoms with van der Waals surface area (Å²) >= 11 is 0. The van der Waals surface area contributed by atoms with Crippen LogP contribution in [0.5, 0.6) is 11.5 Å². The molecule has 1 N–H and O–H groups in total. The third kappa shape index (κ3) is 7.40. The molecule has 0 spiro atoms. The zero-order chi connectivity index (χ0) is 28.1.